The normalized spacial score (nSPS) is 10.8. The van der Waals surface area contributed by atoms with E-state index >= 15 is 0 Å². The zero-order valence-corrected chi connectivity index (χ0v) is 10.6. The largest absolute Gasteiger partial charge is 0.487 e. The first-order chi connectivity index (χ1) is 9.25. The van der Waals surface area contributed by atoms with E-state index in [9.17, 15) is 4.39 Å². The Bertz CT molecular complexity index is 703. The fraction of sp³-hybridized carbons (Fsp3) is 0.125. The van der Waals surface area contributed by atoms with E-state index in [4.69, 9.17) is 4.74 Å². The van der Waals surface area contributed by atoms with Crippen LogP contribution in [0.15, 0.2) is 54.6 Å². The smallest absolute Gasteiger partial charge is 0.132 e. The summed E-state index contributed by atoms with van der Waals surface area (Å²) >= 11 is 0. The highest BCUT2D eigenvalue weighted by Crippen LogP contribution is 2.22. The molecule has 0 saturated heterocycles. The zero-order chi connectivity index (χ0) is 13.2. The van der Waals surface area contributed by atoms with Gasteiger partial charge in [0.25, 0.3) is 0 Å². The number of halogens is 1. The van der Waals surface area contributed by atoms with Crippen LogP contribution in [0.1, 0.15) is 5.69 Å². The molecule has 3 aromatic rings. The Morgan fingerprint density at radius 1 is 1.05 bits per heavy atom. The van der Waals surface area contributed by atoms with Gasteiger partial charge >= 0.3 is 0 Å². The molecular weight excluding hydrogens is 241 g/mol. The molecule has 0 aliphatic rings. The Balaban J connectivity index is 1.89. The predicted octanol–water partition coefficient (Wildman–Crippen LogP) is 3.90. The van der Waals surface area contributed by atoms with E-state index in [1.165, 1.54) is 6.07 Å². The number of fused-ring (bicyclic) bond motifs is 1. The highest BCUT2D eigenvalue weighted by molar-refractivity contribution is 5.81. The van der Waals surface area contributed by atoms with Gasteiger partial charge in [0, 0.05) is 12.4 Å². The van der Waals surface area contributed by atoms with Crippen molar-refractivity contribution in [2.24, 2.45) is 7.05 Å². The SMILES string of the molecule is Cn1c(COc2ccccc2)cc2c(F)cccc21. The number of nitrogens with zero attached hydrogens (tertiary/aromatic N) is 1. The van der Waals surface area contributed by atoms with Gasteiger partial charge in [-0.2, -0.15) is 0 Å². The second-order valence-corrected chi connectivity index (χ2v) is 4.47. The minimum atomic E-state index is -0.195. The maximum atomic E-state index is 13.7. The number of hydrogen-bond acceptors (Lipinski definition) is 1. The first-order valence-electron chi connectivity index (χ1n) is 6.16. The molecule has 0 fully saturated rings. The van der Waals surface area contributed by atoms with Gasteiger partial charge in [-0.1, -0.05) is 24.3 Å². The quantitative estimate of drug-likeness (QED) is 0.692. The molecule has 1 heterocycles. The summed E-state index contributed by atoms with van der Waals surface area (Å²) < 4.78 is 21.3. The Morgan fingerprint density at radius 2 is 1.84 bits per heavy atom. The van der Waals surface area contributed by atoms with Gasteiger partial charge in [-0.15, -0.1) is 0 Å². The molecule has 2 aromatic carbocycles. The van der Waals surface area contributed by atoms with E-state index in [1.807, 2.05) is 54.1 Å². The van der Waals surface area contributed by atoms with Gasteiger partial charge in [-0.3, -0.25) is 0 Å². The van der Waals surface area contributed by atoms with Crippen LogP contribution < -0.4 is 4.74 Å². The summed E-state index contributed by atoms with van der Waals surface area (Å²) in [6.07, 6.45) is 0. The summed E-state index contributed by atoms with van der Waals surface area (Å²) in [5.41, 5.74) is 1.83. The Kier molecular flexibility index (Phi) is 2.95. The third kappa shape index (κ3) is 2.19. The van der Waals surface area contributed by atoms with E-state index in [2.05, 4.69) is 0 Å². The molecule has 0 radical (unpaired) electrons. The minimum absolute atomic E-state index is 0.195. The number of aromatic nitrogens is 1. The molecule has 0 N–H and O–H groups in total. The molecule has 1 aromatic heterocycles. The Hall–Kier alpha value is -2.29. The van der Waals surface area contributed by atoms with Crippen LogP contribution in [-0.4, -0.2) is 4.57 Å². The Morgan fingerprint density at radius 3 is 2.58 bits per heavy atom. The van der Waals surface area contributed by atoms with E-state index in [0.29, 0.717) is 12.0 Å². The molecule has 0 saturated carbocycles. The van der Waals surface area contributed by atoms with Crippen LogP contribution in [-0.2, 0) is 13.7 Å². The van der Waals surface area contributed by atoms with Gasteiger partial charge in [-0.25, -0.2) is 4.39 Å². The van der Waals surface area contributed by atoms with Crippen molar-refractivity contribution in [2.75, 3.05) is 0 Å². The van der Waals surface area contributed by atoms with Crippen molar-refractivity contribution in [2.45, 2.75) is 6.61 Å². The predicted molar refractivity (Wildman–Crippen MR) is 73.7 cm³/mol. The first kappa shape index (κ1) is 11.8. The van der Waals surface area contributed by atoms with Gasteiger partial charge in [-0.05, 0) is 30.3 Å². The molecule has 96 valence electrons. The molecule has 0 atom stereocenters. The molecule has 0 unspecified atom stereocenters. The molecular formula is C16H14FNO. The third-order valence-corrected chi connectivity index (χ3v) is 3.26. The Labute approximate surface area is 111 Å². The average molecular weight is 255 g/mol. The third-order valence-electron chi connectivity index (χ3n) is 3.26. The van der Waals surface area contributed by atoms with Crippen molar-refractivity contribution in [1.29, 1.82) is 0 Å². The van der Waals surface area contributed by atoms with Gasteiger partial charge < -0.3 is 9.30 Å². The monoisotopic (exact) mass is 255 g/mol. The second kappa shape index (κ2) is 4.76. The van der Waals surface area contributed by atoms with Crippen LogP contribution in [0.5, 0.6) is 5.75 Å². The maximum absolute atomic E-state index is 13.7. The summed E-state index contributed by atoms with van der Waals surface area (Å²) in [6, 6.07) is 16.6. The molecule has 0 aliphatic carbocycles. The fourth-order valence-corrected chi connectivity index (χ4v) is 2.19. The van der Waals surface area contributed by atoms with Crippen molar-refractivity contribution >= 4 is 10.9 Å². The molecule has 0 aliphatic heterocycles. The number of ether oxygens (including phenoxy) is 1. The number of para-hydroxylation sites is 1. The van der Waals surface area contributed by atoms with Crippen LogP contribution in [0.3, 0.4) is 0 Å². The standard InChI is InChI=1S/C16H14FNO/c1-18-12(11-19-13-6-3-2-4-7-13)10-14-15(17)8-5-9-16(14)18/h2-10H,11H2,1H3. The number of benzene rings is 2. The van der Waals surface area contributed by atoms with E-state index in [0.717, 1.165) is 17.0 Å². The lowest BCUT2D eigenvalue weighted by molar-refractivity contribution is 0.298. The van der Waals surface area contributed by atoms with Crippen molar-refractivity contribution in [3.63, 3.8) is 0 Å². The molecule has 2 nitrogen and oxygen atoms in total. The van der Waals surface area contributed by atoms with Crippen molar-refractivity contribution < 1.29 is 9.13 Å². The van der Waals surface area contributed by atoms with Crippen molar-refractivity contribution in [1.82, 2.24) is 4.57 Å². The minimum Gasteiger partial charge on any atom is -0.487 e. The highest BCUT2D eigenvalue weighted by Gasteiger charge is 2.09. The fourth-order valence-electron chi connectivity index (χ4n) is 2.19. The average Bonchev–Trinajstić information content (AvgIpc) is 2.77. The van der Waals surface area contributed by atoms with Crippen LogP contribution >= 0.6 is 0 Å². The van der Waals surface area contributed by atoms with Crippen LogP contribution in [0, 0.1) is 5.82 Å². The van der Waals surface area contributed by atoms with E-state index < -0.39 is 0 Å². The zero-order valence-electron chi connectivity index (χ0n) is 10.6. The summed E-state index contributed by atoms with van der Waals surface area (Å²) in [7, 11) is 1.92. The van der Waals surface area contributed by atoms with E-state index in [1.54, 1.807) is 6.07 Å². The maximum Gasteiger partial charge on any atom is 0.132 e. The van der Waals surface area contributed by atoms with Crippen molar-refractivity contribution in [3.8, 4) is 5.75 Å². The molecule has 0 amide bonds. The second-order valence-electron chi connectivity index (χ2n) is 4.47. The van der Waals surface area contributed by atoms with Gasteiger partial charge in [0.2, 0.25) is 0 Å². The molecule has 3 rings (SSSR count). The van der Waals surface area contributed by atoms with Crippen molar-refractivity contribution in [3.05, 3.63) is 66.1 Å². The molecule has 19 heavy (non-hydrogen) atoms. The van der Waals surface area contributed by atoms with Crippen LogP contribution in [0.4, 0.5) is 4.39 Å². The highest BCUT2D eigenvalue weighted by atomic mass is 19.1. The summed E-state index contributed by atoms with van der Waals surface area (Å²) in [4.78, 5) is 0. The number of aryl methyl sites for hydroxylation is 1. The van der Waals surface area contributed by atoms with Gasteiger partial charge in [0.15, 0.2) is 0 Å². The lowest BCUT2D eigenvalue weighted by Gasteiger charge is -2.07. The van der Waals surface area contributed by atoms with Gasteiger partial charge in [0.1, 0.15) is 18.2 Å². The lowest BCUT2D eigenvalue weighted by atomic mass is 10.2. The number of hydrogen-bond donors (Lipinski definition) is 0. The summed E-state index contributed by atoms with van der Waals surface area (Å²) in [6.45, 7) is 0.425. The molecule has 0 spiro atoms. The van der Waals surface area contributed by atoms with Gasteiger partial charge in [0.05, 0.1) is 11.2 Å². The first-order valence-corrected chi connectivity index (χ1v) is 6.16. The van der Waals surface area contributed by atoms with Crippen LogP contribution in [0.2, 0.25) is 0 Å². The van der Waals surface area contributed by atoms with E-state index in [-0.39, 0.29) is 5.82 Å². The molecule has 3 heteroatoms. The summed E-state index contributed by atoms with van der Waals surface area (Å²) in [5.74, 6) is 0.618. The summed E-state index contributed by atoms with van der Waals surface area (Å²) in [5, 5.41) is 0.636. The lowest BCUT2D eigenvalue weighted by Crippen LogP contribution is -2.01. The topological polar surface area (TPSA) is 14.2 Å². The molecule has 0 bridgehead atoms. The van der Waals surface area contributed by atoms with Crippen LogP contribution in [0.25, 0.3) is 10.9 Å². The number of rotatable bonds is 3.